The van der Waals surface area contributed by atoms with Crippen molar-refractivity contribution < 1.29 is 5.11 Å². The summed E-state index contributed by atoms with van der Waals surface area (Å²) in [5.41, 5.74) is 3.39. The molecule has 19 heavy (non-hydrogen) atoms. The number of hydrogen-bond acceptors (Lipinski definition) is 2. The van der Waals surface area contributed by atoms with Crippen LogP contribution in [0.25, 0.3) is 0 Å². The van der Waals surface area contributed by atoms with Crippen LogP contribution in [0, 0.1) is 5.92 Å². The molecule has 0 heterocycles. The Hall–Kier alpha value is -1.02. The topological polar surface area (TPSA) is 23.5 Å². The van der Waals surface area contributed by atoms with Crippen LogP contribution in [0.5, 0.6) is 5.75 Å². The second-order valence-electron chi connectivity index (χ2n) is 7.24. The van der Waals surface area contributed by atoms with Crippen LogP contribution in [0.3, 0.4) is 0 Å². The molecule has 2 nitrogen and oxygen atoms in total. The summed E-state index contributed by atoms with van der Waals surface area (Å²) in [6.45, 7) is 11.8. The largest absolute Gasteiger partial charge is 0.507 e. The highest BCUT2D eigenvalue weighted by Crippen LogP contribution is 2.35. The normalized spacial score (nSPS) is 12.5. The molecule has 0 aromatic heterocycles. The van der Waals surface area contributed by atoms with E-state index in [9.17, 15) is 5.11 Å². The Morgan fingerprint density at radius 2 is 1.74 bits per heavy atom. The smallest absolute Gasteiger partial charge is 0.122 e. The molecule has 0 radical (unpaired) electrons. The Bertz CT molecular complexity index is 428. The van der Waals surface area contributed by atoms with Gasteiger partial charge in [-0.15, -0.1) is 0 Å². The fourth-order valence-corrected chi connectivity index (χ4v) is 2.38. The van der Waals surface area contributed by atoms with Gasteiger partial charge in [0.2, 0.25) is 0 Å². The van der Waals surface area contributed by atoms with E-state index in [1.807, 2.05) is 0 Å². The van der Waals surface area contributed by atoms with Crippen LogP contribution < -0.4 is 0 Å². The fraction of sp³-hybridized carbons (Fsp3) is 0.647. The number of hydrogen-bond donors (Lipinski definition) is 1. The molecule has 0 aliphatic heterocycles. The first kappa shape index (κ1) is 16.0. The summed E-state index contributed by atoms with van der Waals surface area (Å²) < 4.78 is 0. The van der Waals surface area contributed by atoms with Gasteiger partial charge in [0.05, 0.1) is 0 Å². The van der Waals surface area contributed by atoms with E-state index in [1.165, 1.54) is 5.56 Å². The molecule has 0 saturated heterocycles. The summed E-state index contributed by atoms with van der Waals surface area (Å²) in [4.78, 5) is 2.16. The molecule has 108 valence electrons. The van der Waals surface area contributed by atoms with E-state index < -0.39 is 0 Å². The lowest BCUT2D eigenvalue weighted by Gasteiger charge is -2.24. The average molecular weight is 263 g/mol. The fourth-order valence-electron chi connectivity index (χ4n) is 2.38. The molecule has 0 spiro atoms. The van der Waals surface area contributed by atoms with Crippen molar-refractivity contribution in [1.82, 2.24) is 4.90 Å². The molecule has 0 aliphatic rings. The zero-order valence-electron chi connectivity index (χ0n) is 13.5. The van der Waals surface area contributed by atoms with Crippen LogP contribution in [0.4, 0.5) is 0 Å². The number of aromatic hydroxyl groups is 1. The Labute approximate surface area is 118 Å². The van der Waals surface area contributed by atoms with Gasteiger partial charge < -0.3 is 10.0 Å². The van der Waals surface area contributed by atoms with E-state index in [0.29, 0.717) is 11.7 Å². The van der Waals surface area contributed by atoms with E-state index in [-0.39, 0.29) is 5.41 Å². The summed E-state index contributed by atoms with van der Waals surface area (Å²) >= 11 is 0. The maximum Gasteiger partial charge on any atom is 0.122 e. The molecule has 1 aromatic carbocycles. The van der Waals surface area contributed by atoms with Gasteiger partial charge >= 0.3 is 0 Å². The predicted molar refractivity (Wildman–Crippen MR) is 82.7 cm³/mol. The molecule has 0 aliphatic carbocycles. The van der Waals surface area contributed by atoms with Crippen molar-refractivity contribution in [3.05, 3.63) is 28.8 Å². The Balaban J connectivity index is 3.30. The second kappa shape index (κ2) is 5.96. The molecule has 1 aromatic rings. The van der Waals surface area contributed by atoms with Gasteiger partial charge in [0.1, 0.15) is 5.75 Å². The second-order valence-corrected chi connectivity index (χ2v) is 7.24. The summed E-state index contributed by atoms with van der Waals surface area (Å²) in [5.74, 6) is 1.04. The van der Waals surface area contributed by atoms with Crippen LogP contribution in [-0.4, -0.2) is 24.1 Å². The maximum absolute atomic E-state index is 10.5. The zero-order chi connectivity index (χ0) is 14.8. The van der Waals surface area contributed by atoms with Crippen molar-refractivity contribution in [3.8, 4) is 5.75 Å². The molecule has 0 atom stereocenters. The Kier molecular flexibility index (Phi) is 5.03. The van der Waals surface area contributed by atoms with Crippen LogP contribution >= 0.6 is 0 Å². The van der Waals surface area contributed by atoms with Crippen LogP contribution in [-0.2, 0) is 18.4 Å². The first-order chi connectivity index (χ1) is 8.61. The predicted octanol–water partition coefficient (Wildman–Crippen LogP) is 3.95. The molecular formula is C17H29NO. The molecule has 0 fully saturated rings. The van der Waals surface area contributed by atoms with Gasteiger partial charge in [-0.3, -0.25) is 0 Å². The third-order valence-electron chi connectivity index (χ3n) is 3.18. The quantitative estimate of drug-likeness (QED) is 0.889. The minimum Gasteiger partial charge on any atom is -0.507 e. The van der Waals surface area contributed by atoms with Crippen LogP contribution in [0.2, 0.25) is 0 Å². The summed E-state index contributed by atoms with van der Waals surface area (Å²) in [6.07, 6.45) is 0.927. The number of phenolic OH excluding ortho intramolecular Hbond substituents is 1. The molecule has 2 heteroatoms. The molecular weight excluding hydrogens is 234 g/mol. The molecule has 1 N–H and O–H groups in total. The highest BCUT2D eigenvalue weighted by Gasteiger charge is 2.21. The number of rotatable bonds is 4. The highest BCUT2D eigenvalue weighted by molar-refractivity contribution is 5.47. The lowest BCUT2D eigenvalue weighted by atomic mass is 9.83. The van der Waals surface area contributed by atoms with Gasteiger partial charge in [-0.25, -0.2) is 0 Å². The van der Waals surface area contributed by atoms with Crippen molar-refractivity contribution in [2.45, 2.75) is 53.0 Å². The number of benzene rings is 1. The van der Waals surface area contributed by atoms with Gasteiger partial charge in [-0.2, -0.15) is 0 Å². The van der Waals surface area contributed by atoms with E-state index in [0.717, 1.165) is 24.1 Å². The standard InChI is InChI=1S/C17H29NO/c1-12(2)8-14-9-13(11-18(6)7)10-15(16(14)19)17(3,4)5/h9-10,12,19H,8,11H2,1-7H3. The minimum absolute atomic E-state index is 0.0296. The third-order valence-corrected chi connectivity index (χ3v) is 3.18. The summed E-state index contributed by atoms with van der Waals surface area (Å²) in [7, 11) is 4.15. The Morgan fingerprint density at radius 3 is 2.16 bits per heavy atom. The van der Waals surface area contributed by atoms with Gasteiger partial charge in [0.15, 0.2) is 0 Å². The van der Waals surface area contributed by atoms with Crippen molar-refractivity contribution >= 4 is 0 Å². The lowest BCUT2D eigenvalue weighted by molar-refractivity contribution is 0.398. The van der Waals surface area contributed by atoms with E-state index in [2.05, 4.69) is 65.7 Å². The van der Waals surface area contributed by atoms with Crippen LogP contribution in [0.15, 0.2) is 12.1 Å². The monoisotopic (exact) mass is 263 g/mol. The maximum atomic E-state index is 10.5. The van der Waals surface area contributed by atoms with Crippen LogP contribution in [0.1, 0.15) is 51.3 Å². The minimum atomic E-state index is -0.0296. The first-order valence-corrected chi connectivity index (χ1v) is 7.11. The van der Waals surface area contributed by atoms with Crippen molar-refractivity contribution in [1.29, 1.82) is 0 Å². The van der Waals surface area contributed by atoms with Gasteiger partial charge in [0.25, 0.3) is 0 Å². The lowest BCUT2D eigenvalue weighted by Crippen LogP contribution is -2.16. The van der Waals surface area contributed by atoms with E-state index in [1.54, 1.807) is 0 Å². The molecule has 0 saturated carbocycles. The molecule has 0 unspecified atom stereocenters. The number of phenols is 1. The van der Waals surface area contributed by atoms with Gasteiger partial charge in [-0.1, -0.05) is 46.8 Å². The molecule has 0 amide bonds. The van der Waals surface area contributed by atoms with Crippen molar-refractivity contribution in [2.75, 3.05) is 14.1 Å². The molecule has 0 bridgehead atoms. The van der Waals surface area contributed by atoms with Gasteiger partial charge in [-0.05, 0) is 48.5 Å². The Morgan fingerprint density at radius 1 is 1.16 bits per heavy atom. The van der Waals surface area contributed by atoms with Gasteiger partial charge in [0, 0.05) is 6.54 Å². The average Bonchev–Trinajstić information content (AvgIpc) is 2.19. The van der Waals surface area contributed by atoms with E-state index in [4.69, 9.17) is 0 Å². The van der Waals surface area contributed by atoms with E-state index >= 15 is 0 Å². The summed E-state index contributed by atoms with van der Waals surface area (Å²) in [5, 5.41) is 10.5. The first-order valence-electron chi connectivity index (χ1n) is 7.11. The molecule has 1 rings (SSSR count). The summed E-state index contributed by atoms with van der Waals surface area (Å²) in [6, 6.07) is 4.31. The SMILES string of the molecule is CC(C)Cc1cc(CN(C)C)cc(C(C)(C)C)c1O. The third kappa shape index (κ3) is 4.54. The van der Waals surface area contributed by atoms with Crippen molar-refractivity contribution in [3.63, 3.8) is 0 Å². The van der Waals surface area contributed by atoms with Crippen molar-refractivity contribution in [2.24, 2.45) is 5.92 Å². The number of nitrogens with zero attached hydrogens (tertiary/aromatic N) is 1. The highest BCUT2D eigenvalue weighted by atomic mass is 16.3. The zero-order valence-corrected chi connectivity index (χ0v) is 13.5.